The number of rotatable bonds is 2. The summed E-state index contributed by atoms with van der Waals surface area (Å²) in [7, 11) is 0. The van der Waals surface area contributed by atoms with E-state index >= 15 is 0 Å². The Labute approximate surface area is 178 Å². The lowest BCUT2D eigenvalue weighted by Gasteiger charge is -2.21. The number of anilines is 2. The standard InChI is InChI=1S/C10H13FN4O.C10H14N4O/c1-10(2,3)15-4-6(11)7-8(14-16)12-5-13-9(7)15;1-10(2,3)14-5-4-7-8(13-15)11-6-12-9(7)14/h4-5,16H,1-3H3,(H,12,13,14);4-6,15H,1-3H3,(H,11,12,13). The third kappa shape index (κ3) is 4.28. The molecule has 4 aromatic heterocycles. The highest BCUT2D eigenvalue weighted by Crippen LogP contribution is 2.28. The van der Waals surface area contributed by atoms with E-state index in [2.05, 4.69) is 46.2 Å². The van der Waals surface area contributed by atoms with E-state index in [9.17, 15) is 4.39 Å². The molecule has 166 valence electrons. The molecule has 11 heteroatoms. The van der Waals surface area contributed by atoms with E-state index in [4.69, 9.17) is 10.4 Å². The Bertz CT molecular complexity index is 1200. The normalized spacial score (nSPS) is 12.0. The molecule has 0 aliphatic carbocycles. The van der Waals surface area contributed by atoms with Crippen LogP contribution in [0.15, 0.2) is 31.1 Å². The number of aromatic nitrogens is 6. The highest BCUT2D eigenvalue weighted by molar-refractivity contribution is 5.88. The van der Waals surface area contributed by atoms with Gasteiger partial charge >= 0.3 is 0 Å². The molecule has 0 saturated carbocycles. The lowest BCUT2D eigenvalue weighted by molar-refractivity contribution is 0.386. The van der Waals surface area contributed by atoms with Crippen LogP contribution in [0.2, 0.25) is 0 Å². The second kappa shape index (κ2) is 8.08. The Morgan fingerprint density at radius 1 is 0.806 bits per heavy atom. The maximum Gasteiger partial charge on any atom is 0.165 e. The Hall–Kier alpha value is -3.31. The summed E-state index contributed by atoms with van der Waals surface area (Å²) in [4.78, 5) is 15.9. The minimum absolute atomic E-state index is 0.0389. The first kappa shape index (κ1) is 22.4. The molecule has 0 bridgehead atoms. The van der Waals surface area contributed by atoms with Crippen molar-refractivity contribution in [2.45, 2.75) is 52.6 Å². The molecule has 0 spiro atoms. The quantitative estimate of drug-likeness (QED) is 0.350. The molecule has 0 radical (unpaired) electrons. The number of nitrogens with one attached hydrogen (secondary N) is 2. The summed E-state index contributed by atoms with van der Waals surface area (Å²) in [5.74, 6) is 0.0515. The summed E-state index contributed by atoms with van der Waals surface area (Å²) in [6.07, 6.45) is 6.02. The van der Waals surface area contributed by atoms with Crippen molar-refractivity contribution in [3.8, 4) is 0 Å². The molecule has 0 aliphatic heterocycles. The lowest BCUT2D eigenvalue weighted by Crippen LogP contribution is -2.21. The van der Waals surface area contributed by atoms with E-state index in [1.807, 2.05) is 43.1 Å². The fourth-order valence-corrected chi connectivity index (χ4v) is 3.20. The number of fused-ring (bicyclic) bond motifs is 2. The Morgan fingerprint density at radius 2 is 1.35 bits per heavy atom. The summed E-state index contributed by atoms with van der Waals surface area (Å²) in [6, 6.07) is 1.89. The average molecular weight is 430 g/mol. The van der Waals surface area contributed by atoms with Crippen LogP contribution in [-0.2, 0) is 11.1 Å². The van der Waals surface area contributed by atoms with E-state index in [0.29, 0.717) is 11.5 Å². The number of nitrogens with zero attached hydrogens (tertiary/aromatic N) is 6. The molecule has 4 rings (SSSR count). The molecule has 31 heavy (non-hydrogen) atoms. The van der Waals surface area contributed by atoms with Gasteiger partial charge < -0.3 is 9.13 Å². The van der Waals surface area contributed by atoms with E-state index in [1.54, 1.807) is 4.57 Å². The van der Waals surface area contributed by atoms with Gasteiger partial charge in [-0.15, -0.1) is 0 Å². The third-order valence-electron chi connectivity index (χ3n) is 4.68. The van der Waals surface area contributed by atoms with Gasteiger partial charge in [-0.25, -0.2) is 24.3 Å². The van der Waals surface area contributed by atoms with Crippen molar-refractivity contribution in [1.82, 2.24) is 29.1 Å². The predicted molar refractivity (Wildman–Crippen MR) is 116 cm³/mol. The van der Waals surface area contributed by atoms with Crippen molar-refractivity contribution in [2.24, 2.45) is 0 Å². The highest BCUT2D eigenvalue weighted by Gasteiger charge is 2.21. The van der Waals surface area contributed by atoms with Gasteiger partial charge in [-0.05, 0) is 47.6 Å². The van der Waals surface area contributed by atoms with Crippen LogP contribution in [-0.4, -0.2) is 39.5 Å². The van der Waals surface area contributed by atoms with Crippen molar-refractivity contribution < 1.29 is 14.8 Å². The summed E-state index contributed by atoms with van der Waals surface area (Å²) in [5, 5.41) is 18.8. The molecular weight excluding hydrogens is 403 g/mol. The lowest BCUT2D eigenvalue weighted by atomic mass is 10.1. The number of hydrogen-bond donors (Lipinski definition) is 4. The largest absolute Gasteiger partial charge is 0.327 e. The van der Waals surface area contributed by atoms with Gasteiger partial charge in [0.25, 0.3) is 0 Å². The molecule has 0 aromatic carbocycles. The first-order valence-corrected chi connectivity index (χ1v) is 9.63. The zero-order chi connectivity index (χ0) is 23.0. The molecule has 0 saturated heterocycles. The molecule has 0 amide bonds. The first-order chi connectivity index (χ1) is 14.5. The molecule has 4 heterocycles. The number of halogens is 1. The van der Waals surface area contributed by atoms with Crippen LogP contribution in [0, 0.1) is 5.82 Å². The molecule has 4 N–H and O–H groups in total. The Morgan fingerprint density at radius 3 is 1.90 bits per heavy atom. The highest BCUT2D eigenvalue weighted by atomic mass is 19.1. The van der Waals surface area contributed by atoms with Crippen LogP contribution in [0.3, 0.4) is 0 Å². The second-order valence-corrected chi connectivity index (χ2v) is 8.98. The van der Waals surface area contributed by atoms with Gasteiger partial charge in [0.15, 0.2) is 17.5 Å². The molecule has 0 aliphatic rings. The summed E-state index contributed by atoms with van der Waals surface area (Å²) < 4.78 is 17.5. The van der Waals surface area contributed by atoms with Crippen molar-refractivity contribution in [1.29, 1.82) is 0 Å². The summed E-state index contributed by atoms with van der Waals surface area (Å²) >= 11 is 0. The van der Waals surface area contributed by atoms with Crippen molar-refractivity contribution in [3.05, 3.63) is 36.9 Å². The van der Waals surface area contributed by atoms with Crippen LogP contribution >= 0.6 is 0 Å². The average Bonchev–Trinajstić information content (AvgIpc) is 3.29. The maximum atomic E-state index is 13.7. The molecule has 0 fully saturated rings. The Balaban J connectivity index is 0.000000176. The van der Waals surface area contributed by atoms with Gasteiger partial charge in [-0.1, -0.05) is 0 Å². The van der Waals surface area contributed by atoms with Crippen LogP contribution < -0.4 is 11.0 Å². The fourth-order valence-electron chi connectivity index (χ4n) is 3.20. The molecule has 0 unspecified atom stereocenters. The molecule has 0 atom stereocenters. The van der Waals surface area contributed by atoms with E-state index in [0.717, 1.165) is 11.0 Å². The van der Waals surface area contributed by atoms with Gasteiger partial charge in [-0.2, -0.15) is 0 Å². The number of hydrogen-bond acceptors (Lipinski definition) is 8. The van der Waals surface area contributed by atoms with Crippen LogP contribution in [0.25, 0.3) is 22.1 Å². The third-order valence-corrected chi connectivity index (χ3v) is 4.68. The van der Waals surface area contributed by atoms with Gasteiger partial charge in [0.1, 0.15) is 23.9 Å². The van der Waals surface area contributed by atoms with Crippen molar-refractivity contribution >= 4 is 33.7 Å². The van der Waals surface area contributed by atoms with Gasteiger partial charge in [-0.3, -0.25) is 21.4 Å². The predicted octanol–water partition coefficient (Wildman–Crippen LogP) is 4.11. The van der Waals surface area contributed by atoms with Crippen molar-refractivity contribution in [2.75, 3.05) is 11.0 Å². The van der Waals surface area contributed by atoms with Crippen molar-refractivity contribution in [3.63, 3.8) is 0 Å². The maximum absolute atomic E-state index is 13.7. The van der Waals surface area contributed by atoms with E-state index in [-0.39, 0.29) is 22.3 Å². The fraction of sp³-hybridized carbons (Fsp3) is 0.400. The summed E-state index contributed by atoms with van der Waals surface area (Å²) in [5.41, 5.74) is 4.88. The van der Waals surface area contributed by atoms with E-state index < -0.39 is 5.82 Å². The minimum atomic E-state index is -0.456. The monoisotopic (exact) mass is 430 g/mol. The van der Waals surface area contributed by atoms with E-state index in [1.165, 1.54) is 18.9 Å². The second-order valence-electron chi connectivity index (χ2n) is 8.98. The Kier molecular flexibility index (Phi) is 5.83. The zero-order valence-corrected chi connectivity index (χ0v) is 18.3. The molecule has 4 aromatic rings. The van der Waals surface area contributed by atoms with Gasteiger partial charge in [0.05, 0.1) is 10.8 Å². The zero-order valence-electron chi connectivity index (χ0n) is 18.3. The smallest absolute Gasteiger partial charge is 0.165 e. The van der Waals surface area contributed by atoms with Gasteiger partial charge in [0, 0.05) is 23.5 Å². The van der Waals surface area contributed by atoms with Crippen LogP contribution in [0.5, 0.6) is 0 Å². The first-order valence-electron chi connectivity index (χ1n) is 9.63. The van der Waals surface area contributed by atoms with Gasteiger partial charge in [0.2, 0.25) is 0 Å². The molecular formula is C20H27FN8O2. The topological polar surface area (TPSA) is 126 Å². The van der Waals surface area contributed by atoms with Crippen LogP contribution in [0.4, 0.5) is 16.0 Å². The van der Waals surface area contributed by atoms with Crippen LogP contribution in [0.1, 0.15) is 41.5 Å². The molecule has 10 nitrogen and oxygen atoms in total. The minimum Gasteiger partial charge on any atom is -0.327 e. The SMILES string of the molecule is CC(C)(C)n1cc(F)c2c(NO)ncnc21.CC(C)(C)n1ccc2c(NO)ncnc21. The summed E-state index contributed by atoms with van der Waals surface area (Å²) in [6.45, 7) is 12.1.